The largest absolute Gasteiger partial charge is 0.386 e. The lowest BCUT2D eigenvalue weighted by molar-refractivity contribution is -0.155. The normalized spacial score (nSPS) is 21.0. The van der Waals surface area contributed by atoms with E-state index in [4.69, 9.17) is 4.74 Å². The second-order valence-electron chi connectivity index (χ2n) is 8.24. The molecule has 2 N–H and O–H groups in total. The molecule has 8 nitrogen and oxygen atoms in total. The van der Waals surface area contributed by atoms with Crippen molar-refractivity contribution in [3.63, 3.8) is 0 Å². The molecule has 2 fully saturated rings. The Morgan fingerprint density at radius 2 is 1.97 bits per heavy atom. The van der Waals surface area contributed by atoms with Gasteiger partial charge in [0.1, 0.15) is 18.4 Å². The molecule has 4 rings (SSSR count). The number of ether oxygens (including phenoxy) is 1. The van der Waals surface area contributed by atoms with Gasteiger partial charge in [-0.2, -0.15) is 0 Å². The summed E-state index contributed by atoms with van der Waals surface area (Å²) in [4.78, 5) is 34.5. The molecule has 1 aromatic carbocycles. The van der Waals surface area contributed by atoms with Crippen LogP contribution in [0.5, 0.6) is 0 Å². The number of hydrogen-bond acceptors (Lipinski definition) is 6. The number of aromatic nitrogens is 2. The van der Waals surface area contributed by atoms with E-state index in [9.17, 15) is 14.7 Å². The zero-order chi connectivity index (χ0) is 21.6. The van der Waals surface area contributed by atoms with Crippen LogP contribution in [0, 0.1) is 5.92 Å². The van der Waals surface area contributed by atoms with Crippen LogP contribution in [-0.4, -0.2) is 57.6 Å². The number of benzene rings is 1. The second kappa shape index (κ2) is 9.98. The zero-order valence-corrected chi connectivity index (χ0v) is 17.4. The maximum absolute atomic E-state index is 12.6. The summed E-state index contributed by atoms with van der Waals surface area (Å²) in [5, 5.41) is 13.8. The summed E-state index contributed by atoms with van der Waals surface area (Å²) in [5.41, 5.74) is 1.49. The predicted molar refractivity (Wildman–Crippen MR) is 114 cm³/mol. The van der Waals surface area contributed by atoms with Gasteiger partial charge in [-0.3, -0.25) is 14.6 Å². The van der Waals surface area contributed by atoms with Crippen LogP contribution in [0.25, 0.3) is 0 Å². The smallest absolute Gasteiger partial charge is 0.275 e. The molecule has 2 aliphatic rings. The van der Waals surface area contributed by atoms with Gasteiger partial charge in [0.15, 0.2) is 0 Å². The molecule has 0 unspecified atom stereocenters. The van der Waals surface area contributed by atoms with Crippen LogP contribution in [0.4, 0.5) is 5.69 Å². The highest BCUT2D eigenvalue weighted by molar-refractivity contribution is 6.02. The molecule has 1 aliphatic heterocycles. The van der Waals surface area contributed by atoms with Gasteiger partial charge in [0.25, 0.3) is 5.91 Å². The van der Waals surface area contributed by atoms with Gasteiger partial charge >= 0.3 is 0 Å². The van der Waals surface area contributed by atoms with Crippen molar-refractivity contribution in [3.05, 3.63) is 54.1 Å². The Hall–Kier alpha value is -2.84. The number of carbonyl (C=O) groups excluding carboxylic acids is 2. The van der Waals surface area contributed by atoms with Crippen molar-refractivity contribution in [2.45, 2.75) is 44.2 Å². The molecule has 2 atom stereocenters. The molecular formula is C23H28N4O4. The van der Waals surface area contributed by atoms with Crippen LogP contribution < -0.4 is 5.32 Å². The molecule has 0 radical (unpaired) electrons. The minimum absolute atomic E-state index is 0.0614. The van der Waals surface area contributed by atoms with Gasteiger partial charge in [-0.1, -0.05) is 31.4 Å². The van der Waals surface area contributed by atoms with Gasteiger partial charge in [-0.05, 0) is 36.5 Å². The highest BCUT2D eigenvalue weighted by Gasteiger charge is 2.36. The van der Waals surface area contributed by atoms with E-state index in [1.807, 2.05) is 4.90 Å². The third kappa shape index (κ3) is 5.26. The van der Waals surface area contributed by atoms with Crippen molar-refractivity contribution in [1.82, 2.24) is 14.9 Å². The van der Waals surface area contributed by atoms with E-state index in [0.717, 1.165) is 12.8 Å². The maximum Gasteiger partial charge on any atom is 0.275 e. The molecule has 0 spiro atoms. The fourth-order valence-electron chi connectivity index (χ4n) is 4.37. The van der Waals surface area contributed by atoms with Crippen molar-refractivity contribution in [2.24, 2.45) is 5.92 Å². The lowest BCUT2D eigenvalue weighted by atomic mass is 9.88. The number of morpholine rings is 1. The van der Waals surface area contributed by atoms with Crippen molar-refractivity contribution < 1.29 is 19.4 Å². The van der Waals surface area contributed by atoms with Crippen molar-refractivity contribution in [1.29, 1.82) is 0 Å². The van der Waals surface area contributed by atoms with E-state index in [0.29, 0.717) is 30.3 Å². The summed E-state index contributed by atoms with van der Waals surface area (Å²) in [7, 11) is 0. The summed E-state index contributed by atoms with van der Waals surface area (Å²) in [6.07, 6.45) is 9.44. The first-order chi connectivity index (χ1) is 15.1. The van der Waals surface area contributed by atoms with Crippen molar-refractivity contribution in [2.75, 3.05) is 25.1 Å². The summed E-state index contributed by atoms with van der Waals surface area (Å²) in [5.74, 6) is 0.0734. The fourth-order valence-corrected chi connectivity index (χ4v) is 4.37. The molecule has 8 heteroatoms. The number of rotatable bonds is 6. The topological polar surface area (TPSA) is 105 Å². The molecule has 2 heterocycles. The average molecular weight is 425 g/mol. The summed E-state index contributed by atoms with van der Waals surface area (Å²) >= 11 is 0. The van der Waals surface area contributed by atoms with E-state index in [1.54, 1.807) is 24.3 Å². The molecule has 0 bridgehead atoms. The number of anilines is 1. The van der Waals surface area contributed by atoms with E-state index in [2.05, 4.69) is 15.3 Å². The predicted octanol–water partition coefficient (Wildman–Crippen LogP) is 2.57. The van der Waals surface area contributed by atoms with Crippen LogP contribution in [0.1, 0.15) is 54.3 Å². The average Bonchev–Trinajstić information content (AvgIpc) is 2.82. The second-order valence-corrected chi connectivity index (χ2v) is 8.24. The Labute approximate surface area is 181 Å². The zero-order valence-electron chi connectivity index (χ0n) is 17.4. The Bertz CT molecular complexity index is 884. The van der Waals surface area contributed by atoms with Crippen LogP contribution in [0.3, 0.4) is 0 Å². The Morgan fingerprint density at radius 1 is 1.19 bits per heavy atom. The molecular weight excluding hydrogens is 396 g/mol. The number of nitrogens with zero attached hydrogens (tertiary/aromatic N) is 3. The van der Waals surface area contributed by atoms with Crippen molar-refractivity contribution in [3.8, 4) is 0 Å². The van der Waals surface area contributed by atoms with Gasteiger partial charge in [0.2, 0.25) is 5.91 Å². The molecule has 31 heavy (non-hydrogen) atoms. The van der Waals surface area contributed by atoms with Gasteiger partial charge < -0.3 is 20.1 Å². The number of aliphatic hydroxyl groups is 1. The summed E-state index contributed by atoms with van der Waals surface area (Å²) in [6, 6.07) is 6.56. The first kappa shape index (κ1) is 21.4. The Balaban J connectivity index is 1.42. The highest BCUT2D eigenvalue weighted by Crippen LogP contribution is 2.30. The molecule has 1 saturated heterocycles. The number of nitrogens with one attached hydrogen (secondary N) is 1. The number of carbonyl (C=O) groups is 2. The van der Waals surface area contributed by atoms with E-state index >= 15 is 0 Å². The SMILES string of the molecule is O=C(Nc1ccc([C@@H](O)[C@H]2COCC(=O)N2CC2CCCCC2)cc1)c1cnccn1. The molecule has 2 amide bonds. The Morgan fingerprint density at radius 3 is 2.68 bits per heavy atom. The van der Waals surface area contributed by atoms with Gasteiger partial charge in [0.05, 0.1) is 18.8 Å². The minimum atomic E-state index is -0.863. The summed E-state index contributed by atoms with van der Waals surface area (Å²) < 4.78 is 5.46. The fraction of sp³-hybridized carbons (Fsp3) is 0.478. The third-order valence-corrected chi connectivity index (χ3v) is 6.08. The van der Waals surface area contributed by atoms with E-state index < -0.39 is 12.1 Å². The van der Waals surface area contributed by atoms with Crippen LogP contribution in [0.15, 0.2) is 42.9 Å². The van der Waals surface area contributed by atoms with Crippen LogP contribution in [0.2, 0.25) is 0 Å². The first-order valence-corrected chi connectivity index (χ1v) is 10.8. The standard InChI is InChI=1S/C23H28N4O4/c28-21-15-31-14-20(27(21)13-16-4-2-1-3-5-16)22(29)17-6-8-18(9-7-17)26-23(30)19-12-24-10-11-25-19/h6-12,16,20,22,29H,1-5,13-15H2,(H,26,30)/t20-,22-/m1/s1. The number of aliphatic hydroxyl groups excluding tert-OH is 1. The van der Waals surface area contributed by atoms with Gasteiger partial charge in [-0.15, -0.1) is 0 Å². The molecule has 1 aromatic heterocycles. The maximum atomic E-state index is 12.6. The lowest BCUT2D eigenvalue weighted by Gasteiger charge is -2.40. The quantitative estimate of drug-likeness (QED) is 0.739. The van der Waals surface area contributed by atoms with Crippen LogP contribution >= 0.6 is 0 Å². The van der Waals surface area contributed by atoms with E-state index in [1.165, 1.54) is 37.9 Å². The van der Waals surface area contributed by atoms with Gasteiger partial charge in [0, 0.05) is 24.6 Å². The van der Waals surface area contributed by atoms with Crippen molar-refractivity contribution >= 4 is 17.5 Å². The molecule has 1 saturated carbocycles. The first-order valence-electron chi connectivity index (χ1n) is 10.8. The minimum Gasteiger partial charge on any atom is -0.386 e. The Kier molecular flexibility index (Phi) is 6.89. The lowest BCUT2D eigenvalue weighted by Crippen LogP contribution is -2.53. The third-order valence-electron chi connectivity index (χ3n) is 6.08. The van der Waals surface area contributed by atoms with Gasteiger partial charge in [-0.25, -0.2) is 4.98 Å². The van der Waals surface area contributed by atoms with E-state index in [-0.39, 0.29) is 24.1 Å². The summed E-state index contributed by atoms with van der Waals surface area (Å²) in [6.45, 7) is 1.06. The molecule has 1 aliphatic carbocycles. The molecule has 164 valence electrons. The highest BCUT2D eigenvalue weighted by atomic mass is 16.5. The van der Waals surface area contributed by atoms with Crippen LogP contribution in [-0.2, 0) is 9.53 Å². The monoisotopic (exact) mass is 424 g/mol. The molecule has 2 aromatic rings. The number of hydrogen-bond donors (Lipinski definition) is 2. The number of amides is 2.